The van der Waals surface area contributed by atoms with Gasteiger partial charge in [-0.3, -0.25) is 4.79 Å². The number of hydrogen-bond donors (Lipinski definition) is 2. The van der Waals surface area contributed by atoms with Crippen LogP contribution >= 0.6 is 23.7 Å². The third-order valence-electron chi connectivity index (χ3n) is 3.33. The molecule has 2 rings (SSSR count). The van der Waals surface area contributed by atoms with Gasteiger partial charge in [0.1, 0.15) is 5.54 Å². The lowest BCUT2D eigenvalue weighted by Crippen LogP contribution is -2.48. The summed E-state index contributed by atoms with van der Waals surface area (Å²) < 4.78 is 0. The Bertz CT molecular complexity index is 581. The van der Waals surface area contributed by atoms with Crippen LogP contribution in [0, 0.1) is 0 Å². The molecule has 1 aromatic heterocycles. The highest BCUT2D eigenvalue weighted by Gasteiger charge is 2.29. The first-order valence-corrected chi connectivity index (χ1v) is 7.56. The van der Waals surface area contributed by atoms with Crippen molar-refractivity contribution in [2.75, 3.05) is 0 Å². The van der Waals surface area contributed by atoms with Crippen molar-refractivity contribution in [2.24, 2.45) is 5.73 Å². The van der Waals surface area contributed by atoms with Gasteiger partial charge in [0.2, 0.25) is 5.91 Å². The van der Waals surface area contributed by atoms with Gasteiger partial charge in [-0.2, -0.15) is 0 Å². The molecule has 0 aliphatic rings. The van der Waals surface area contributed by atoms with Crippen LogP contribution in [-0.2, 0) is 23.3 Å². The van der Waals surface area contributed by atoms with Gasteiger partial charge >= 0.3 is 0 Å². The SMILES string of the molecule is CCc1ccc(CNC(=O)C(C)(N)c2ccccc2)s1.Cl. The van der Waals surface area contributed by atoms with E-state index in [9.17, 15) is 4.79 Å². The summed E-state index contributed by atoms with van der Waals surface area (Å²) in [7, 11) is 0. The second-order valence-corrected chi connectivity index (χ2v) is 6.23. The Labute approximate surface area is 136 Å². The van der Waals surface area contributed by atoms with Crippen molar-refractivity contribution >= 4 is 29.7 Å². The molecule has 2 aromatic rings. The molecule has 0 fully saturated rings. The van der Waals surface area contributed by atoms with Crippen molar-refractivity contribution in [3.63, 3.8) is 0 Å². The van der Waals surface area contributed by atoms with Crippen LogP contribution in [0.1, 0.15) is 29.2 Å². The summed E-state index contributed by atoms with van der Waals surface area (Å²) >= 11 is 1.73. The Morgan fingerprint density at radius 1 is 1.19 bits per heavy atom. The fourth-order valence-corrected chi connectivity index (χ4v) is 2.87. The molecule has 0 aliphatic carbocycles. The molecule has 5 heteroatoms. The number of nitrogens with one attached hydrogen (secondary N) is 1. The molecule has 0 saturated heterocycles. The van der Waals surface area contributed by atoms with Crippen molar-refractivity contribution < 1.29 is 4.79 Å². The smallest absolute Gasteiger partial charge is 0.244 e. The van der Waals surface area contributed by atoms with Gasteiger partial charge in [0.25, 0.3) is 0 Å². The maximum atomic E-state index is 12.3. The maximum absolute atomic E-state index is 12.3. The molecule has 0 saturated carbocycles. The van der Waals surface area contributed by atoms with Crippen LogP contribution in [0.15, 0.2) is 42.5 Å². The molecule has 114 valence electrons. The summed E-state index contributed by atoms with van der Waals surface area (Å²) in [5.41, 5.74) is 5.98. The van der Waals surface area contributed by atoms with Crippen molar-refractivity contribution in [1.82, 2.24) is 5.32 Å². The Kier molecular flexibility index (Phi) is 6.40. The van der Waals surface area contributed by atoms with Crippen molar-refractivity contribution in [2.45, 2.75) is 32.4 Å². The molecule has 1 heterocycles. The van der Waals surface area contributed by atoms with E-state index in [1.807, 2.05) is 30.3 Å². The van der Waals surface area contributed by atoms with E-state index < -0.39 is 5.54 Å². The van der Waals surface area contributed by atoms with Gasteiger partial charge in [0, 0.05) is 9.75 Å². The van der Waals surface area contributed by atoms with E-state index in [0.29, 0.717) is 6.54 Å². The van der Waals surface area contributed by atoms with Crippen LogP contribution in [0.4, 0.5) is 0 Å². The third kappa shape index (κ3) is 4.30. The van der Waals surface area contributed by atoms with Gasteiger partial charge in [-0.25, -0.2) is 0 Å². The van der Waals surface area contributed by atoms with Crippen LogP contribution in [0.3, 0.4) is 0 Å². The molecule has 0 bridgehead atoms. The van der Waals surface area contributed by atoms with Gasteiger partial charge in [0.15, 0.2) is 0 Å². The van der Waals surface area contributed by atoms with Gasteiger partial charge in [0.05, 0.1) is 6.54 Å². The normalized spacial score (nSPS) is 13.1. The van der Waals surface area contributed by atoms with E-state index in [-0.39, 0.29) is 18.3 Å². The number of hydrogen-bond acceptors (Lipinski definition) is 3. The first-order chi connectivity index (χ1) is 9.54. The van der Waals surface area contributed by atoms with Crippen LogP contribution in [0.2, 0.25) is 0 Å². The fourth-order valence-electron chi connectivity index (χ4n) is 1.97. The predicted molar refractivity (Wildman–Crippen MR) is 90.8 cm³/mol. The van der Waals surface area contributed by atoms with Gasteiger partial charge < -0.3 is 11.1 Å². The first-order valence-electron chi connectivity index (χ1n) is 6.74. The lowest BCUT2D eigenvalue weighted by atomic mass is 9.92. The summed E-state index contributed by atoms with van der Waals surface area (Å²) in [6.07, 6.45) is 1.03. The number of carbonyl (C=O) groups excluding carboxylic acids is 1. The zero-order valence-electron chi connectivity index (χ0n) is 12.3. The van der Waals surface area contributed by atoms with E-state index in [2.05, 4.69) is 24.4 Å². The predicted octanol–water partition coefficient (Wildman–Crippen LogP) is 3.22. The van der Waals surface area contributed by atoms with Crippen molar-refractivity contribution in [3.05, 3.63) is 57.8 Å². The second-order valence-electron chi connectivity index (χ2n) is 4.97. The van der Waals surface area contributed by atoms with Crippen molar-refractivity contribution in [3.8, 4) is 0 Å². The van der Waals surface area contributed by atoms with Crippen LogP contribution in [0.25, 0.3) is 0 Å². The number of halogens is 1. The minimum Gasteiger partial charge on any atom is -0.349 e. The molecule has 0 radical (unpaired) electrons. The van der Waals surface area contributed by atoms with Gasteiger partial charge in [-0.15, -0.1) is 23.7 Å². The molecule has 1 aromatic carbocycles. The first kappa shape index (κ1) is 17.7. The molecule has 0 aliphatic heterocycles. The van der Waals surface area contributed by atoms with E-state index >= 15 is 0 Å². The molecule has 1 amide bonds. The highest BCUT2D eigenvalue weighted by Crippen LogP contribution is 2.19. The molecule has 0 spiro atoms. The molecular weight excluding hydrogens is 304 g/mol. The zero-order chi connectivity index (χ0) is 14.6. The minimum absolute atomic E-state index is 0. The van der Waals surface area contributed by atoms with E-state index in [0.717, 1.165) is 16.9 Å². The number of benzene rings is 1. The summed E-state index contributed by atoms with van der Waals surface area (Å²) in [6, 6.07) is 13.6. The van der Waals surface area contributed by atoms with Crippen LogP contribution in [0.5, 0.6) is 0 Å². The standard InChI is InChI=1S/C16H20N2OS.ClH/c1-3-13-9-10-14(20-13)11-18-15(19)16(2,17)12-7-5-4-6-8-12;/h4-10H,3,11,17H2,1-2H3,(H,18,19);1H. The minimum atomic E-state index is -1.01. The van der Waals surface area contributed by atoms with Gasteiger partial charge in [-0.1, -0.05) is 37.3 Å². The average molecular weight is 325 g/mol. The Morgan fingerprint density at radius 2 is 1.81 bits per heavy atom. The number of amides is 1. The number of thiophene rings is 1. The van der Waals surface area contributed by atoms with E-state index in [1.54, 1.807) is 18.3 Å². The average Bonchev–Trinajstić information content (AvgIpc) is 2.93. The fraction of sp³-hybridized carbons (Fsp3) is 0.312. The molecule has 21 heavy (non-hydrogen) atoms. The molecule has 1 unspecified atom stereocenters. The molecular formula is C16H21ClN2OS. The number of rotatable bonds is 5. The van der Waals surface area contributed by atoms with E-state index in [1.165, 1.54) is 4.88 Å². The van der Waals surface area contributed by atoms with Crippen molar-refractivity contribution in [1.29, 1.82) is 0 Å². The Morgan fingerprint density at radius 3 is 2.38 bits per heavy atom. The lowest BCUT2D eigenvalue weighted by Gasteiger charge is -2.23. The highest BCUT2D eigenvalue weighted by atomic mass is 35.5. The Hall–Kier alpha value is -1.36. The third-order valence-corrected chi connectivity index (χ3v) is 4.56. The molecule has 3 nitrogen and oxygen atoms in total. The van der Waals surface area contributed by atoms with E-state index in [4.69, 9.17) is 5.73 Å². The van der Waals surface area contributed by atoms with Crippen LogP contribution < -0.4 is 11.1 Å². The largest absolute Gasteiger partial charge is 0.349 e. The van der Waals surface area contributed by atoms with Gasteiger partial charge in [-0.05, 0) is 31.0 Å². The topological polar surface area (TPSA) is 55.1 Å². The highest BCUT2D eigenvalue weighted by molar-refractivity contribution is 7.11. The molecule has 3 N–H and O–H groups in total. The second kappa shape index (κ2) is 7.59. The lowest BCUT2D eigenvalue weighted by molar-refractivity contribution is -0.126. The number of nitrogens with two attached hydrogens (primary N) is 1. The number of carbonyl (C=O) groups is 1. The number of aryl methyl sites for hydroxylation is 1. The Balaban J connectivity index is 0.00000220. The zero-order valence-corrected chi connectivity index (χ0v) is 13.9. The maximum Gasteiger partial charge on any atom is 0.244 e. The summed E-state index contributed by atoms with van der Waals surface area (Å²) in [6.45, 7) is 4.40. The summed E-state index contributed by atoms with van der Waals surface area (Å²) in [5.74, 6) is -0.157. The summed E-state index contributed by atoms with van der Waals surface area (Å²) in [4.78, 5) is 14.8. The van der Waals surface area contributed by atoms with Crippen LogP contribution in [-0.4, -0.2) is 5.91 Å². The summed E-state index contributed by atoms with van der Waals surface area (Å²) in [5, 5.41) is 2.92. The monoisotopic (exact) mass is 324 g/mol. The molecule has 1 atom stereocenters. The quantitative estimate of drug-likeness (QED) is 0.887.